The summed E-state index contributed by atoms with van der Waals surface area (Å²) in [6, 6.07) is 6.25. The highest BCUT2D eigenvalue weighted by atomic mass is 16.2. The van der Waals surface area contributed by atoms with Gasteiger partial charge in [-0.2, -0.15) is 0 Å². The molecule has 1 aromatic carbocycles. The topological polar surface area (TPSA) is 37.4 Å². The van der Waals surface area contributed by atoms with Crippen LogP contribution in [0.4, 0.5) is 5.69 Å². The monoisotopic (exact) mass is 229 g/mol. The van der Waals surface area contributed by atoms with Crippen LogP contribution in [0.15, 0.2) is 18.2 Å². The van der Waals surface area contributed by atoms with Crippen molar-refractivity contribution in [2.45, 2.75) is 25.7 Å². The number of benzene rings is 1. The first-order valence-corrected chi connectivity index (χ1v) is 6.15. The van der Waals surface area contributed by atoms with Crippen LogP contribution in [0.5, 0.6) is 0 Å². The smallest absolute Gasteiger partial charge is 0.227 e. The van der Waals surface area contributed by atoms with Crippen molar-refractivity contribution < 1.29 is 9.59 Å². The van der Waals surface area contributed by atoms with Crippen molar-refractivity contribution in [3.05, 3.63) is 29.3 Å². The summed E-state index contributed by atoms with van der Waals surface area (Å²) in [5.74, 6) is -0.0594. The van der Waals surface area contributed by atoms with Crippen molar-refractivity contribution in [2.24, 2.45) is 5.92 Å². The van der Waals surface area contributed by atoms with E-state index >= 15 is 0 Å². The Morgan fingerprint density at radius 2 is 2.06 bits per heavy atom. The molecule has 2 aliphatic rings. The van der Waals surface area contributed by atoms with Gasteiger partial charge < -0.3 is 9.69 Å². The molecule has 0 radical (unpaired) electrons. The SMILES string of the molecule is O=CC1CC(=O)N(c2ccc3c(c2)CCC3)C1. The van der Waals surface area contributed by atoms with Gasteiger partial charge in [0, 0.05) is 24.6 Å². The Kier molecular flexibility index (Phi) is 2.46. The van der Waals surface area contributed by atoms with Gasteiger partial charge in [0.25, 0.3) is 0 Å². The molecule has 0 N–H and O–H groups in total. The van der Waals surface area contributed by atoms with Gasteiger partial charge in [-0.15, -0.1) is 0 Å². The predicted octanol–water partition coefficient (Wildman–Crippen LogP) is 1.73. The largest absolute Gasteiger partial charge is 0.312 e. The van der Waals surface area contributed by atoms with Crippen LogP contribution < -0.4 is 4.90 Å². The van der Waals surface area contributed by atoms with E-state index < -0.39 is 0 Å². The van der Waals surface area contributed by atoms with Gasteiger partial charge in [0.05, 0.1) is 0 Å². The van der Waals surface area contributed by atoms with E-state index in [0.717, 1.165) is 24.8 Å². The Morgan fingerprint density at radius 3 is 2.82 bits per heavy atom. The molecule has 3 rings (SSSR count). The zero-order chi connectivity index (χ0) is 11.8. The lowest BCUT2D eigenvalue weighted by molar-refractivity contribution is -0.119. The second-order valence-corrected chi connectivity index (χ2v) is 4.91. The molecular formula is C14H15NO2. The Balaban J connectivity index is 1.89. The molecule has 1 atom stereocenters. The van der Waals surface area contributed by atoms with E-state index in [1.54, 1.807) is 4.90 Å². The zero-order valence-corrected chi connectivity index (χ0v) is 9.69. The number of hydrogen-bond acceptors (Lipinski definition) is 2. The Bertz CT molecular complexity index is 481. The first-order chi connectivity index (χ1) is 8.28. The first kappa shape index (κ1) is 10.5. The number of aldehydes is 1. The van der Waals surface area contributed by atoms with Crippen LogP contribution in [0.2, 0.25) is 0 Å². The number of fused-ring (bicyclic) bond motifs is 1. The normalized spacial score (nSPS) is 22.9. The fraction of sp³-hybridized carbons (Fsp3) is 0.429. The van der Waals surface area contributed by atoms with E-state index in [1.807, 2.05) is 6.07 Å². The van der Waals surface area contributed by atoms with Crippen LogP contribution in [0.1, 0.15) is 24.0 Å². The third-order valence-corrected chi connectivity index (χ3v) is 3.74. The highest BCUT2D eigenvalue weighted by Gasteiger charge is 2.30. The molecule has 1 aromatic rings. The molecular weight excluding hydrogens is 214 g/mol. The number of aryl methyl sites for hydroxylation is 2. The lowest BCUT2D eigenvalue weighted by atomic mass is 10.1. The number of carbonyl (C=O) groups is 2. The van der Waals surface area contributed by atoms with Crippen LogP contribution in [-0.2, 0) is 22.4 Å². The summed E-state index contributed by atoms with van der Waals surface area (Å²) in [6.45, 7) is 0.543. The maximum absolute atomic E-state index is 11.8. The molecule has 1 fully saturated rings. The highest BCUT2D eigenvalue weighted by molar-refractivity contribution is 5.98. The zero-order valence-electron chi connectivity index (χ0n) is 9.69. The summed E-state index contributed by atoms with van der Waals surface area (Å²) in [4.78, 5) is 24.3. The number of carbonyl (C=O) groups excluding carboxylic acids is 2. The van der Waals surface area contributed by atoms with Gasteiger partial charge in [0.1, 0.15) is 6.29 Å². The van der Waals surface area contributed by atoms with Gasteiger partial charge in [-0.1, -0.05) is 6.07 Å². The van der Waals surface area contributed by atoms with E-state index in [-0.39, 0.29) is 11.8 Å². The summed E-state index contributed by atoms with van der Waals surface area (Å²) in [5, 5.41) is 0. The molecule has 1 saturated heterocycles. The van der Waals surface area contributed by atoms with Crippen LogP contribution >= 0.6 is 0 Å². The van der Waals surface area contributed by atoms with Crippen LogP contribution in [0.3, 0.4) is 0 Å². The van der Waals surface area contributed by atoms with Crippen LogP contribution in [0.25, 0.3) is 0 Å². The second kappa shape index (κ2) is 3.99. The summed E-state index contributed by atoms with van der Waals surface area (Å²) in [6.07, 6.45) is 4.73. The lowest BCUT2D eigenvalue weighted by Crippen LogP contribution is -2.24. The number of rotatable bonds is 2. The number of amides is 1. The maximum Gasteiger partial charge on any atom is 0.227 e. The van der Waals surface area contributed by atoms with Crippen molar-refractivity contribution in [2.75, 3.05) is 11.4 Å². The minimum atomic E-state index is -0.129. The fourth-order valence-corrected chi connectivity index (χ4v) is 2.80. The fourth-order valence-electron chi connectivity index (χ4n) is 2.80. The summed E-state index contributed by atoms with van der Waals surface area (Å²) < 4.78 is 0. The molecule has 1 amide bonds. The van der Waals surface area contributed by atoms with Crippen LogP contribution in [-0.4, -0.2) is 18.7 Å². The Labute approximate surface area is 100 Å². The molecule has 1 aliphatic carbocycles. The third-order valence-electron chi connectivity index (χ3n) is 3.74. The molecule has 3 heteroatoms. The van der Waals surface area contributed by atoms with Gasteiger partial charge in [-0.3, -0.25) is 4.79 Å². The Hall–Kier alpha value is -1.64. The van der Waals surface area contributed by atoms with E-state index in [1.165, 1.54) is 17.5 Å². The summed E-state index contributed by atoms with van der Waals surface area (Å²) >= 11 is 0. The van der Waals surface area contributed by atoms with Gasteiger partial charge in [-0.05, 0) is 42.5 Å². The average Bonchev–Trinajstić information content (AvgIpc) is 2.93. The van der Waals surface area contributed by atoms with E-state index in [9.17, 15) is 9.59 Å². The van der Waals surface area contributed by atoms with E-state index in [4.69, 9.17) is 0 Å². The maximum atomic E-state index is 11.8. The minimum absolute atomic E-state index is 0.0695. The lowest BCUT2D eigenvalue weighted by Gasteiger charge is -2.17. The molecule has 0 bridgehead atoms. The molecule has 0 aromatic heterocycles. The predicted molar refractivity (Wildman–Crippen MR) is 65.0 cm³/mol. The minimum Gasteiger partial charge on any atom is -0.312 e. The third kappa shape index (κ3) is 1.75. The average molecular weight is 229 g/mol. The Morgan fingerprint density at radius 1 is 1.24 bits per heavy atom. The molecule has 88 valence electrons. The molecule has 1 heterocycles. The molecule has 0 spiro atoms. The molecule has 3 nitrogen and oxygen atoms in total. The van der Waals surface area contributed by atoms with E-state index in [0.29, 0.717) is 13.0 Å². The van der Waals surface area contributed by atoms with Gasteiger partial charge in [-0.25, -0.2) is 0 Å². The highest BCUT2D eigenvalue weighted by Crippen LogP contribution is 2.29. The standard InChI is InChI=1S/C14H15NO2/c16-9-10-6-14(17)15(8-10)13-5-4-11-2-1-3-12(11)7-13/h4-5,7,9-10H,1-3,6,8H2. The molecule has 1 aliphatic heterocycles. The second-order valence-electron chi connectivity index (χ2n) is 4.91. The summed E-state index contributed by atoms with van der Waals surface area (Å²) in [7, 11) is 0. The van der Waals surface area contributed by atoms with Crippen molar-refractivity contribution >= 4 is 17.9 Å². The first-order valence-electron chi connectivity index (χ1n) is 6.15. The van der Waals surface area contributed by atoms with E-state index in [2.05, 4.69) is 12.1 Å². The number of anilines is 1. The van der Waals surface area contributed by atoms with Gasteiger partial charge >= 0.3 is 0 Å². The summed E-state index contributed by atoms with van der Waals surface area (Å²) in [5.41, 5.74) is 3.73. The number of hydrogen-bond donors (Lipinski definition) is 0. The molecule has 0 saturated carbocycles. The number of nitrogens with zero attached hydrogens (tertiary/aromatic N) is 1. The van der Waals surface area contributed by atoms with Gasteiger partial charge in [0.2, 0.25) is 5.91 Å². The van der Waals surface area contributed by atoms with Crippen molar-refractivity contribution in [3.8, 4) is 0 Å². The van der Waals surface area contributed by atoms with Crippen LogP contribution in [0, 0.1) is 5.92 Å². The molecule has 17 heavy (non-hydrogen) atoms. The van der Waals surface area contributed by atoms with Gasteiger partial charge in [0.15, 0.2) is 0 Å². The van der Waals surface area contributed by atoms with Crippen molar-refractivity contribution in [3.63, 3.8) is 0 Å². The van der Waals surface area contributed by atoms with Crippen molar-refractivity contribution in [1.82, 2.24) is 0 Å². The quantitative estimate of drug-likeness (QED) is 0.724. The molecule has 1 unspecified atom stereocenters. The van der Waals surface area contributed by atoms with Crippen molar-refractivity contribution in [1.29, 1.82) is 0 Å².